The molecule has 4 aromatic rings. The fourth-order valence-electron chi connectivity index (χ4n) is 2.85. The predicted octanol–water partition coefficient (Wildman–Crippen LogP) is 5.58. The highest BCUT2D eigenvalue weighted by molar-refractivity contribution is 9.10. The molecular weight excluding hydrogens is 480 g/mol. The molecule has 31 heavy (non-hydrogen) atoms. The van der Waals surface area contributed by atoms with Gasteiger partial charge in [0.1, 0.15) is 0 Å². The van der Waals surface area contributed by atoms with E-state index in [1.165, 1.54) is 34.7 Å². The molecule has 0 aliphatic heterocycles. The number of hydrazone groups is 1. The molecule has 0 unspecified atom stereocenters. The fraction of sp³-hybridized carbons (Fsp3) is 0.0455. The first-order valence-electron chi connectivity index (χ1n) is 9.21. The van der Waals surface area contributed by atoms with Crippen molar-refractivity contribution >= 4 is 60.4 Å². The van der Waals surface area contributed by atoms with Crippen LogP contribution in [0.2, 0.25) is 0 Å². The van der Waals surface area contributed by atoms with E-state index in [2.05, 4.69) is 26.0 Å². The van der Waals surface area contributed by atoms with Crippen molar-refractivity contribution in [2.45, 2.75) is 6.42 Å². The van der Waals surface area contributed by atoms with Gasteiger partial charge in [-0.3, -0.25) is 14.9 Å². The van der Waals surface area contributed by atoms with E-state index in [0.717, 1.165) is 20.3 Å². The van der Waals surface area contributed by atoms with Crippen LogP contribution in [0.3, 0.4) is 0 Å². The smallest absolute Gasteiger partial charge is 0.269 e. The summed E-state index contributed by atoms with van der Waals surface area (Å²) in [7, 11) is 0. The number of nitro benzene ring substituents is 1. The lowest BCUT2D eigenvalue weighted by Crippen LogP contribution is -2.27. The third-order valence-electron chi connectivity index (χ3n) is 4.38. The molecule has 0 radical (unpaired) electrons. The molecule has 1 heterocycles. The number of amides is 1. The number of nitrogens with zero attached hydrogens (tertiary/aromatic N) is 4. The van der Waals surface area contributed by atoms with Crippen LogP contribution in [-0.2, 0) is 11.2 Å². The molecule has 0 spiro atoms. The lowest BCUT2D eigenvalue weighted by molar-refractivity contribution is -0.384. The van der Waals surface area contributed by atoms with E-state index in [1.54, 1.807) is 12.1 Å². The number of carbonyl (C=O) groups is 1. The topological polar surface area (TPSA) is 88.7 Å². The number of nitro groups is 1. The molecule has 0 aliphatic rings. The van der Waals surface area contributed by atoms with E-state index in [0.29, 0.717) is 10.7 Å². The minimum atomic E-state index is -0.462. The highest BCUT2D eigenvalue weighted by Crippen LogP contribution is 2.31. The van der Waals surface area contributed by atoms with Crippen LogP contribution < -0.4 is 5.01 Å². The Labute approximate surface area is 189 Å². The molecule has 0 bridgehead atoms. The molecule has 0 saturated heterocycles. The lowest BCUT2D eigenvalue weighted by atomic mass is 10.1. The van der Waals surface area contributed by atoms with Gasteiger partial charge in [-0.15, -0.1) is 0 Å². The van der Waals surface area contributed by atoms with Crippen molar-refractivity contribution in [1.29, 1.82) is 0 Å². The van der Waals surface area contributed by atoms with Crippen molar-refractivity contribution in [3.05, 3.63) is 98.5 Å². The largest absolute Gasteiger partial charge is 0.272 e. The Bertz CT molecular complexity index is 1270. The van der Waals surface area contributed by atoms with Gasteiger partial charge in [0.05, 0.1) is 27.8 Å². The zero-order valence-electron chi connectivity index (χ0n) is 16.0. The predicted molar refractivity (Wildman–Crippen MR) is 126 cm³/mol. The number of thiazole rings is 1. The third kappa shape index (κ3) is 5.01. The molecule has 3 aromatic carbocycles. The van der Waals surface area contributed by atoms with Gasteiger partial charge in [0.25, 0.3) is 11.6 Å². The van der Waals surface area contributed by atoms with Crippen molar-refractivity contribution in [3.8, 4) is 0 Å². The number of non-ortho nitro benzene ring substituents is 1. The Morgan fingerprint density at radius 1 is 1.13 bits per heavy atom. The van der Waals surface area contributed by atoms with E-state index in [-0.39, 0.29) is 18.0 Å². The first kappa shape index (κ1) is 20.8. The van der Waals surface area contributed by atoms with Gasteiger partial charge >= 0.3 is 0 Å². The van der Waals surface area contributed by atoms with Crippen LogP contribution in [-0.4, -0.2) is 22.0 Å². The number of rotatable bonds is 6. The van der Waals surface area contributed by atoms with E-state index >= 15 is 0 Å². The Morgan fingerprint density at radius 2 is 1.87 bits per heavy atom. The Hall–Kier alpha value is -3.43. The van der Waals surface area contributed by atoms with Crippen LogP contribution in [0.1, 0.15) is 11.1 Å². The van der Waals surface area contributed by atoms with E-state index in [9.17, 15) is 14.9 Å². The van der Waals surface area contributed by atoms with Gasteiger partial charge in [-0.05, 0) is 41.5 Å². The third-order valence-corrected chi connectivity index (χ3v) is 5.87. The van der Waals surface area contributed by atoms with Crippen molar-refractivity contribution in [1.82, 2.24) is 4.98 Å². The molecule has 0 aliphatic carbocycles. The van der Waals surface area contributed by atoms with E-state index in [4.69, 9.17) is 0 Å². The van der Waals surface area contributed by atoms with Crippen molar-refractivity contribution < 1.29 is 9.72 Å². The maximum Gasteiger partial charge on any atom is 0.269 e. The van der Waals surface area contributed by atoms with Crippen molar-refractivity contribution in [3.63, 3.8) is 0 Å². The average molecular weight is 495 g/mol. The van der Waals surface area contributed by atoms with E-state index < -0.39 is 4.92 Å². The monoisotopic (exact) mass is 494 g/mol. The molecular formula is C22H15BrN4O3S. The van der Waals surface area contributed by atoms with Crippen LogP contribution in [0.15, 0.2) is 82.4 Å². The Balaban J connectivity index is 1.67. The SMILES string of the molecule is O=C(Cc1ccccc1)N(/N=C/c1ccc([N+](=O)[O-])cc1)c1nc2ccc(Br)cc2s1. The number of hydrogen-bond donors (Lipinski definition) is 0. The number of fused-ring (bicyclic) bond motifs is 1. The Kier molecular flexibility index (Phi) is 6.15. The maximum absolute atomic E-state index is 13.1. The molecule has 0 fully saturated rings. The second kappa shape index (κ2) is 9.15. The summed E-state index contributed by atoms with van der Waals surface area (Å²) in [4.78, 5) is 28.0. The van der Waals surface area contributed by atoms with Gasteiger partial charge in [-0.25, -0.2) is 4.98 Å². The summed E-state index contributed by atoms with van der Waals surface area (Å²) in [6.45, 7) is 0. The van der Waals surface area contributed by atoms with Crippen LogP contribution in [0, 0.1) is 10.1 Å². The van der Waals surface area contributed by atoms with Gasteiger partial charge in [0.2, 0.25) is 5.13 Å². The minimum Gasteiger partial charge on any atom is -0.272 e. The molecule has 1 aromatic heterocycles. The van der Waals surface area contributed by atoms with Crippen LogP contribution >= 0.6 is 27.3 Å². The van der Waals surface area contributed by atoms with Gasteiger partial charge in [0.15, 0.2) is 0 Å². The van der Waals surface area contributed by atoms with Gasteiger partial charge in [-0.1, -0.05) is 57.6 Å². The average Bonchev–Trinajstić information content (AvgIpc) is 3.17. The number of carbonyl (C=O) groups excluding carboxylic acids is 1. The molecule has 9 heteroatoms. The van der Waals surface area contributed by atoms with Gasteiger partial charge in [0, 0.05) is 16.6 Å². The zero-order valence-corrected chi connectivity index (χ0v) is 18.4. The number of aromatic nitrogens is 1. The highest BCUT2D eigenvalue weighted by atomic mass is 79.9. The van der Waals surface area contributed by atoms with Crippen LogP contribution in [0.4, 0.5) is 10.8 Å². The Morgan fingerprint density at radius 3 is 2.58 bits per heavy atom. The summed E-state index contributed by atoms with van der Waals surface area (Å²) in [6, 6.07) is 21.1. The zero-order chi connectivity index (χ0) is 21.8. The fourth-order valence-corrected chi connectivity index (χ4v) is 4.34. The van der Waals surface area contributed by atoms with Gasteiger partial charge in [-0.2, -0.15) is 10.1 Å². The van der Waals surface area contributed by atoms with E-state index in [1.807, 2.05) is 48.5 Å². The second-order valence-electron chi connectivity index (χ2n) is 6.57. The molecule has 4 rings (SSSR count). The highest BCUT2D eigenvalue weighted by Gasteiger charge is 2.20. The summed E-state index contributed by atoms with van der Waals surface area (Å²) in [5.41, 5.74) is 2.26. The van der Waals surface area contributed by atoms with Gasteiger partial charge < -0.3 is 0 Å². The number of halogens is 1. The number of anilines is 1. The second-order valence-corrected chi connectivity index (χ2v) is 8.49. The standard InChI is InChI=1S/C22H15BrN4O3S/c23-17-8-11-19-20(13-17)31-22(25-19)26(21(28)12-15-4-2-1-3-5-15)24-14-16-6-9-18(10-7-16)27(29)30/h1-11,13-14H,12H2/b24-14+. The molecule has 1 amide bonds. The number of benzene rings is 3. The lowest BCUT2D eigenvalue weighted by Gasteiger charge is -2.13. The summed E-state index contributed by atoms with van der Waals surface area (Å²) < 4.78 is 1.85. The summed E-state index contributed by atoms with van der Waals surface area (Å²) in [5, 5.41) is 17.0. The molecule has 154 valence electrons. The van der Waals surface area contributed by atoms with Crippen LogP contribution in [0.25, 0.3) is 10.2 Å². The molecule has 0 atom stereocenters. The first-order chi connectivity index (χ1) is 15.0. The summed E-state index contributed by atoms with van der Waals surface area (Å²) >= 11 is 4.81. The first-order valence-corrected chi connectivity index (χ1v) is 10.8. The van der Waals surface area contributed by atoms with Crippen molar-refractivity contribution in [2.75, 3.05) is 5.01 Å². The minimum absolute atomic E-state index is 0.00842. The quantitative estimate of drug-likeness (QED) is 0.199. The normalized spacial score (nSPS) is 11.1. The molecule has 7 nitrogen and oxygen atoms in total. The summed E-state index contributed by atoms with van der Waals surface area (Å²) in [5.74, 6) is -0.234. The van der Waals surface area contributed by atoms with Crippen LogP contribution in [0.5, 0.6) is 0 Å². The molecule has 0 saturated carbocycles. The van der Waals surface area contributed by atoms with Crippen molar-refractivity contribution in [2.24, 2.45) is 5.10 Å². The molecule has 0 N–H and O–H groups in total. The maximum atomic E-state index is 13.1. The number of hydrogen-bond acceptors (Lipinski definition) is 6. The summed E-state index contributed by atoms with van der Waals surface area (Å²) in [6.07, 6.45) is 1.66.